The van der Waals surface area contributed by atoms with Gasteiger partial charge in [-0.05, 0) is 37.7 Å². The number of nitrogens with zero attached hydrogens (tertiary/aromatic N) is 1. The molecule has 118 valence electrons. The Hall–Kier alpha value is -2.07. The largest absolute Gasteiger partial charge is 0.480 e. The van der Waals surface area contributed by atoms with Gasteiger partial charge in [-0.2, -0.15) is 0 Å². The van der Waals surface area contributed by atoms with Gasteiger partial charge in [-0.1, -0.05) is 37.3 Å². The van der Waals surface area contributed by atoms with E-state index >= 15 is 0 Å². The van der Waals surface area contributed by atoms with Crippen LogP contribution in [0.1, 0.15) is 31.9 Å². The fraction of sp³-hybridized carbons (Fsp3) is 0.389. The molecule has 0 aliphatic heterocycles. The van der Waals surface area contributed by atoms with Gasteiger partial charge < -0.3 is 14.8 Å². The van der Waals surface area contributed by atoms with E-state index < -0.39 is 0 Å². The molecule has 0 radical (unpaired) electrons. The SMILES string of the molecule is CCNCCC(Oc1cccnc1OCC)c1ccccc1. The molecule has 1 N–H and O–H groups in total. The van der Waals surface area contributed by atoms with Gasteiger partial charge in [0.05, 0.1) is 6.61 Å². The number of ether oxygens (including phenoxy) is 2. The van der Waals surface area contributed by atoms with Crippen molar-refractivity contribution >= 4 is 0 Å². The number of pyridine rings is 1. The molecule has 2 rings (SSSR count). The van der Waals surface area contributed by atoms with E-state index in [0.29, 0.717) is 18.2 Å². The van der Waals surface area contributed by atoms with Crippen LogP contribution in [0.25, 0.3) is 0 Å². The second kappa shape index (κ2) is 9.05. The third kappa shape index (κ3) is 4.74. The molecule has 2 aromatic rings. The Kier molecular flexibility index (Phi) is 6.71. The summed E-state index contributed by atoms with van der Waals surface area (Å²) in [5.41, 5.74) is 1.16. The van der Waals surface area contributed by atoms with Crippen molar-refractivity contribution in [2.45, 2.75) is 26.4 Å². The van der Waals surface area contributed by atoms with Gasteiger partial charge in [0.1, 0.15) is 6.10 Å². The van der Waals surface area contributed by atoms with Crippen LogP contribution in [0.2, 0.25) is 0 Å². The molecule has 4 nitrogen and oxygen atoms in total. The van der Waals surface area contributed by atoms with Crippen LogP contribution in [-0.4, -0.2) is 24.7 Å². The number of benzene rings is 1. The minimum atomic E-state index is -0.0244. The van der Waals surface area contributed by atoms with Gasteiger partial charge in [-0.15, -0.1) is 0 Å². The molecule has 1 atom stereocenters. The Labute approximate surface area is 132 Å². The van der Waals surface area contributed by atoms with Crippen LogP contribution in [0.5, 0.6) is 11.6 Å². The predicted molar refractivity (Wildman–Crippen MR) is 88.4 cm³/mol. The smallest absolute Gasteiger partial charge is 0.257 e. The average Bonchev–Trinajstić information content (AvgIpc) is 2.57. The summed E-state index contributed by atoms with van der Waals surface area (Å²) in [6.45, 7) is 6.48. The summed E-state index contributed by atoms with van der Waals surface area (Å²) in [5, 5.41) is 3.35. The number of rotatable bonds is 9. The van der Waals surface area contributed by atoms with Gasteiger partial charge >= 0.3 is 0 Å². The molecule has 0 amide bonds. The van der Waals surface area contributed by atoms with Gasteiger partial charge in [-0.3, -0.25) is 0 Å². The van der Waals surface area contributed by atoms with E-state index in [9.17, 15) is 0 Å². The summed E-state index contributed by atoms with van der Waals surface area (Å²) in [6.07, 6.45) is 2.58. The zero-order valence-electron chi connectivity index (χ0n) is 13.3. The van der Waals surface area contributed by atoms with Gasteiger partial charge in [0.15, 0.2) is 5.75 Å². The fourth-order valence-electron chi connectivity index (χ4n) is 2.24. The highest BCUT2D eigenvalue weighted by Crippen LogP contribution is 2.30. The summed E-state index contributed by atoms with van der Waals surface area (Å²) in [7, 11) is 0. The first-order valence-corrected chi connectivity index (χ1v) is 7.85. The number of hydrogen-bond donors (Lipinski definition) is 1. The van der Waals surface area contributed by atoms with E-state index in [-0.39, 0.29) is 6.10 Å². The molecule has 0 aliphatic carbocycles. The van der Waals surface area contributed by atoms with Gasteiger partial charge in [0.25, 0.3) is 5.88 Å². The van der Waals surface area contributed by atoms with Crippen LogP contribution in [0.3, 0.4) is 0 Å². The number of hydrogen-bond acceptors (Lipinski definition) is 4. The standard InChI is InChI=1S/C18H24N2O2/c1-3-19-14-12-16(15-9-6-5-7-10-15)22-17-11-8-13-20-18(17)21-4-2/h5-11,13,16,19H,3-4,12,14H2,1-2H3. The number of nitrogens with one attached hydrogen (secondary N) is 1. The van der Waals surface area contributed by atoms with Crippen LogP contribution in [-0.2, 0) is 0 Å². The maximum absolute atomic E-state index is 6.20. The Bertz CT molecular complexity index is 546. The first-order valence-electron chi connectivity index (χ1n) is 7.85. The molecule has 0 fully saturated rings. The van der Waals surface area contributed by atoms with Gasteiger partial charge in [0.2, 0.25) is 0 Å². The molecule has 0 saturated heterocycles. The lowest BCUT2D eigenvalue weighted by molar-refractivity contribution is 0.180. The van der Waals surface area contributed by atoms with Crippen LogP contribution in [0.4, 0.5) is 0 Å². The average molecular weight is 300 g/mol. The Balaban J connectivity index is 2.15. The molecule has 0 bridgehead atoms. The molecule has 0 aliphatic rings. The molecule has 1 unspecified atom stereocenters. The summed E-state index contributed by atoms with van der Waals surface area (Å²) >= 11 is 0. The Morgan fingerprint density at radius 2 is 1.91 bits per heavy atom. The summed E-state index contributed by atoms with van der Waals surface area (Å²) in [4.78, 5) is 4.25. The molecule has 0 saturated carbocycles. The third-order valence-corrected chi connectivity index (χ3v) is 3.29. The molecule has 4 heteroatoms. The summed E-state index contributed by atoms with van der Waals surface area (Å²) in [6, 6.07) is 14.0. The van der Waals surface area contributed by atoms with E-state index in [1.807, 2.05) is 37.3 Å². The minimum absolute atomic E-state index is 0.0244. The second-order valence-electron chi connectivity index (χ2n) is 4.90. The topological polar surface area (TPSA) is 43.4 Å². The monoisotopic (exact) mass is 300 g/mol. The first-order chi connectivity index (χ1) is 10.8. The zero-order chi connectivity index (χ0) is 15.6. The summed E-state index contributed by atoms with van der Waals surface area (Å²) < 4.78 is 11.8. The molecule has 22 heavy (non-hydrogen) atoms. The molecule has 1 aromatic heterocycles. The molecule has 0 spiro atoms. The van der Waals surface area contributed by atoms with Crippen LogP contribution in [0.15, 0.2) is 48.7 Å². The highest BCUT2D eigenvalue weighted by atomic mass is 16.5. The lowest BCUT2D eigenvalue weighted by Gasteiger charge is -2.21. The van der Waals surface area contributed by atoms with Crippen molar-refractivity contribution in [3.05, 3.63) is 54.2 Å². The zero-order valence-corrected chi connectivity index (χ0v) is 13.3. The van der Waals surface area contributed by atoms with Crippen LogP contribution in [0, 0.1) is 0 Å². The Morgan fingerprint density at radius 1 is 1.09 bits per heavy atom. The van der Waals surface area contributed by atoms with E-state index in [4.69, 9.17) is 9.47 Å². The molecule has 1 heterocycles. The van der Waals surface area contributed by atoms with Crippen LogP contribution >= 0.6 is 0 Å². The predicted octanol–water partition coefficient (Wildman–Crippen LogP) is 3.60. The van der Waals surface area contributed by atoms with Gasteiger partial charge in [-0.25, -0.2) is 4.98 Å². The lowest BCUT2D eigenvalue weighted by Crippen LogP contribution is -2.19. The van der Waals surface area contributed by atoms with E-state index in [1.165, 1.54) is 0 Å². The normalized spacial score (nSPS) is 11.9. The maximum atomic E-state index is 6.20. The highest BCUT2D eigenvalue weighted by Gasteiger charge is 2.16. The number of aromatic nitrogens is 1. The van der Waals surface area contributed by atoms with Crippen molar-refractivity contribution in [2.24, 2.45) is 0 Å². The van der Waals surface area contributed by atoms with Crippen molar-refractivity contribution in [1.29, 1.82) is 0 Å². The van der Waals surface area contributed by atoms with E-state index in [0.717, 1.165) is 25.1 Å². The third-order valence-electron chi connectivity index (χ3n) is 3.29. The summed E-state index contributed by atoms with van der Waals surface area (Å²) in [5.74, 6) is 1.24. The highest BCUT2D eigenvalue weighted by molar-refractivity contribution is 5.33. The van der Waals surface area contributed by atoms with Crippen molar-refractivity contribution < 1.29 is 9.47 Å². The van der Waals surface area contributed by atoms with E-state index in [1.54, 1.807) is 6.20 Å². The second-order valence-corrected chi connectivity index (χ2v) is 4.90. The van der Waals surface area contributed by atoms with Gasteiger partial charge in [0, 0.05) is 12.6 Å². The van der Waals surface area contributed by atoms with Crippen molar-refractivity contribution in [3.8, 4) is 11.6 Å². The van der Waals surface area contributed by atoms with Crippen molar-refractivity contribution in [2.75, 3.05) is 19.7 Å². The first kappa shape index (κ1) is 16.3. The Morgan fingerprint density at radius 3 is 2.64 bits per heavy atom. The van der Waals surface area contributed by atoms with Crippen molar-refractivity contribution in [3.63, 3.8) is 0 Å². The van der Waals surface area contributed by atoms with E-state index in [2.05, 4.69) is 29.4 Å². The fourth-order valence-corrected chi connectivity index (χ4v) is 2.24. The quantitative estimate of drug-likeness (QED) is 0.719. The lowest BCUT2D eigenvalue weighted by atomic mass is 10.1. The minimum Gasteiger partial charge on any atom is -0.480 e. The molecular weight excluding hydrogens is 276 g/mol. The maximum Gasteiger partial charge on any atom is 0.257 e. The molecule has 1 aromatic carbocycles. The van der Waals surface area contributed by atoms with Crippen molar-refractivity contribution in [1.82, 2.24) is 10.3 Å². The molecular formula is C18H24N2O2. The van der Waals surface area contributed by atoms with Crippen LogP contribution < -0.4 is 14.8 Å².